The molecule has 106 valence electrons. The highest BCUT2D eigenvalue weighted by Gasteiger charge is 2.24. The van der Waals surface area contributed by atoms with E-state index in [9.17, 15) is 4.39 Å². The molecular weight excluding hydrogens is 241 g/mol. The van der Waals surface area contributed by atoms with Crippen molar-refractivity contribution >= 4 is 0 Å². The first-order chi connectivity index (χ1) is 9.06. The Morgan fingerprint density at radius 3 is 2.79 bits per heavy atom. The summed E-state index contributed by atoms with van der Waals surface area (Å²) < 4.78 is 12.8. The van der Waals surface area contributed by atoms with Crippen LogP contribution in [0.5, 0.6) is 0 Å². The molecule has 0 aromatic carbocycles. The predicted molar refractivity (Wildman–Crippen MR) is 75.4 cm³/mol. The molecule has 1 aromatic rings. The van der Waals surface area contributed by atoms with Crippen LogP contribution in [0, 0.1) is 11.7 Å². The molecular formula is C15H24FN3. The van der Waals surface area contributed by atoms with Gasteiger partial charge in [-0.2, -0.15) is 0 Å². The van der Waals surface area contributed by atoms with E-state index >= 15 is 0 Å². The molecule has 0 spiro atoms. The van der Waals surface area contributed by atoms with Crippen molar-refractivity contribution in [1.82, 2.24) is 15.2 Å². The number of hydrogen-bond donors (Lipinski definition) is 1. The van der Waals surface area contributed by atoms with Crippen LogP contribution in [0.15, 0.2) is 18.3 Å². The summed E-state index contributed by atoms with van der Waals surface area (Å²) in [5, 5.41) is 3.51. The Balaban J connectivity index is 1.78. The quantitative estimate of drug-likeness (QED) is 0.887. The lowest BCUT2D eigenvalue weighted by Crippen LogP contribution is -2.31. The third-order valence-electron chi connectivity index (χ3n) is 3.95. The first-order valence-corrected chi connectivity index (χ1v) is 7.15. The van der Waals surface area contributed by atoms with Gasteiger partial charge in [0.05, 0.1) is 11.9 Å². The summed E-state index contributed by atoms with van der Waals surface area (Å²) in [7, 11) is 0. The number of hydrogen-bond acceptors (Lipinski definition) is 3. The van der Waals surface area contributed by atoms with E-state index in [0.717, 1.165) is 12.2 Å². The molecule has 2 atom stereocenters. The second kappa shape index (κ2) is 6.44. The monoisotopic (exact) mass is 265 g/mol. The van der Waals surface area contributed by atoms with Gasteiger partial charge in [0.15, 0.2) is 0 Å². The van der Waals surface area contributed by atoms with Gasteiger partial charge in [0.1, 0.15) is 5.82 Å². The molecule has 3 nitrogen and oxygen atoms in total. The van der Waals surface area contributed by atoms with Gasteiger partial charge >= 0.3 is 0 Å². The molecule has 2 heterocycles. The van der Waals surface area contributed by atoms with Gasteiger partial charge < -0.3 is 10.2 Å². The van der Waals surface area contributed by atoms with E-state index < -0.39 is 0 Å². The van der Waals surface area contributed by atoms with E-state index in [2.05, 4.69) is 36.0 Å². The van der Waals surface area contributed by atoms with Crippen molar-refractivity contribution in [1.29, 1.82) is 0 Å². The van der Waals surface area contributed by atoms with Crippen LogP contribution in [0.25, 0.3) is 0 Å². The maximum Gasteiger partial charge on any atom is 0.141 e. The molecule has 19 heavy (non-hydrogen) atoms. The van der Waals surface area contributed by atoms with Crippen molar-refractivity contribution in [3.63, 3.8) is 0 Å². The molecule has 1 saturated heterocycles. The highest BCUT2D eigenvalue weighted by atomic mass is 19.1. The van der Waals surface area contributed by atoms with Crippen molar-refractivity contribution in [2.24, 2.45) is 5.92 Å². The van der Waals surface area contributed by atoms with Crippen molar-refractivity contribution < 1.29 is 4.39 Å². The molecule has 1 fully saturated rings. The van der Waals surface area contributed by atoms with E-state index in [0.29, 0.717) is 12.0 Å². The summed E-state index contributed by atoms with van der Waals surface area (Å²) in [6.45, 7) is 9.96. The van der Waals surface area contributed by atoms with E-state index in [1.165, 1.54) is 31.8 Å². The average molecular weight is 265 g/mol. The maximum absolute atomic E-state index is 12.8. The Morgan fingerprint density at radius 2 is 2.21 bits per heavy atom. The number of nitrogens with one attached hydrogen (secondary N) is 1. The highest BCUT2D eigenvalue weighted by Crippen LogP contribution is 2.19. The van der Waals surface area contributed by atoms with Crippen LogP contribution in [0.2, 0.25) is 0 Å². The summed E-state index contributed by atoms with van der Waals surface area (Å²) in [5.74, 6) is 0.435. The fraction of sp³-hybridized carbons (Fsp3) is 0.667. The van der Waals surface area contributed by atoms with Gasteiger partial charge in [-0.3, -0.25) is 4.98 Å². The van der Waals surface area contributed by atoms with Gasteiger partial charge in [-0.05, 0) is 58.3 Å². The standard InChI is InChI=1S/C15H24FN3/c1-11(2)19-7-6-13(10-19)8-17-12(3)15-5-4-14(16)9-18-15/h4-5,9,11-13,17H,6-8,10H2,1-3H3. The molecule has 1 aliphatic rings. The lowest BCUT2D eigenvalue weighted by atomic mass is 10.1. The van der Waals surface area contributed by atoms with Gasteiger partial charge in [-0.15, -0.1) is 0 Å². The normalized spacial score (nSPS) is 22.1. The summed E-state index contributed by atoms with van der Waals surface area (Å²) in [4.78, 5) is 6.64. The molecule has 1 aliphatic heterocycles. The first kappa shape index (κ1) is 14.4. The van der Waals surface area contributed by atoms with Crippen molar-refractivity contribution in [2.75, 3.05) is 19.6 Å². The minimum atomic E-state index is -0.278. The number of nitrogens with zero attached hydrogens (tertiary/aromatic N) is 2. The lowest BCUT2D eigenvalue weighted by molar-refractivity contribution is 0.263. The van der Waals surface area contributed by atoms with Gasteiger partial charge in [0, 0.05) is 18.6 Å². The topological polar surface area (TPSA) is 28.2 Å². The average Bonchev–Trinajstić information content (AvgIpc) is 2.86. The Kier molecular flexibility index (Phi) is 4.88. The van der Waals surface area contributed by atoms with E-state index in [1.54, 1.807) is 6.07 Å². The summed E-state index contributed by atoms with van der Waals surface area (Å²) in [5.41, 5.74) is 0.903. The Bertz CT molecular complexity index is 391. The number of pyridine rings is 1. The Hall–Kier alpha value is -1.00. The molecule has 1 aromatic heterocycles. The van der Waals surface area contributed by atoms with Gasteiger partial charge in [0.25, 0.3) is 0 Å². The Labute approximate surface area is 115 Å². The molecule has 1 N–H and O–H groups in total. The lowest BCUT2D eigenvalue weighted by Gasteiger charge is -2.21. The zero-order valence-electron chi connectivity index (χ0n) is 12.1. The summed E-state index contributed by atoms with van der Waals surface area (Å²) in [6, 6.07) is 4.04. The molecule has 2 unspecified atom stereocenters. The van der Waals surface area contributed by atoms with Crippen LogP contribution in [-0.2, 0) is 0 Å². The van der Waals surface area contributed by atoms with Gasteiger partial charge in [-0.25, -0.2) is 4.39 Å². The van der Waals surface area contributed by atoms with Gasteiger partial charge in [0.2, 0.25) is 0 Å². The maximum atomic E-state index is 12.8. The molecule has 4 heteroatoms. The fourth-order valence-corrected chi connectivity index (χ4v) is 2.59. The number of likely N-dealkylation sites (tertiary alicyclic amines) is 1. The van der Waals surface area contributed by atoms with Crippen LogP contribution < -0.4 is 5.32 Å². The molecule has 2 rings (SSSR count). The zero-order valence-corrected chi connectivity index (χ0v) is 12.1. The molecule has 0 aliphatic carbocycles. The Morgan fingerprint density at radius 1 is 1.42 bits per heavy atom. The molecule has 0 amide bonds. The zero-order chi connectivity index (χ0) is 13.8. The van der Waals surface area contributed by atoms with Crippen molar-refractivity contribution in [3.05, 3.63) is 29.8 Å². The molecule has 0 saturated carbocycles. The SMILES string of the molecule is CC(NCC1CCN(C(C)C)C1)c1ccc(F)cn1. The fourth-order valence-electron chi connectivity index (χ4n) is 2.59. The van der Waals surface area contributed by atoms with E-state index in [4.69, 9.17) is 0 Å². The van der Waals surface area contributed by atoms with Crippen molar-refractivity contribution in [2.45, 2.75) is 39.3 Å². The minimum Gasteiger partial charge on any atom is -0.309 e. The van der Waals surface area contributed by atoms with Crippen LogP contribution in [0.1, 0.15) is 38.9 Å². The second-order valence-corrected chi connectivity index (χ2v) is 5.77. The van der Waals surface area contributed by atoms with E-state index in [-0.39, 0.29) is 11.9 Å². The summed E-state index contributed by atoms with van der Waals surface area (Å²) >= 11 is 0. The highest BCUT2D eigenvalue weighted by molar-refractivity contribution is 5.08. The molecule has 0 radical (unpaired) electrons. The van der Waals surface area contributed by atoms with Crippen molar-refractivity contribution in [3.8, 4) is 0 Å². The molecule has 0 bridgehead atoms. The van der Waals surface area contributed by atoms with Crippen LogP contribution in [-0.4, -0.2) is 35.6 Å². The van der Waals surface area contributed by atoms with E-state index in [1.807, 2.05) is 0 Å². The number of rotatable bonds is 5. The predicted octanol–water partition coefficient (Wildman–Crippen LogP) is 2.60. The third-order valence-corrected chi connectivity index (χ3v) is 3.95. The largest absolute Gasteiger partial charge is 0.309 e. The van der Waals surface area contributed by atoms with Crippen LogP contribution in [0.4, 0.5) is 4.39 Å². The number of aromatic nitrogens is 1. The smallest absolute Gasteiger partial charge is 0.141 e. The van der Waals surface area contributed by atoms with Crippen LogP contribution in [0.3, 0.4) is 0 Å². The first-order valence-electron chi connectivity index (χ1n) is 7.15. The second-order valence-electron chi connectivity index (χ2n) is 5.77. The summed E-state index contributed by atoms with van der Waals surface area (Å²) in [6.07, 6.45) is 2.54. The minimum absolute atomic E-state index is 0.175. The third kappa shape index (κ3) is 3.98. The van der Waals surface area contributed by atoms with Gasteiger partial charge in [-0.1, -0.05) is 0 Å². The van der Waals surface area contributed by atoms with Crippen LogP contribution >= 0.6 is 0 Å². The number of halogens is 1.